The molecule has 2 rings (SSSR count). The zero-order chi connectivity index (χ0) is 16.5. The molecule has 0 aromatic heterocycles. The Morgan fingerprint density at radius 1 is 1.41 bits per heavy atom. The van der Waals surface area contributed by atoms with Crippen LogP contribution in [0.15, 0.2) is 0 Å². The van der Waals surface area contributed by atoms with Crippen molar-refractivity contribution in [3.05, 3.63) is 0 Å². The lowest BCUT2D eigenvalue weighted by Gasteiger charge is -2.40. The van der Waals surface area contributed by atoms with Crippen LogP contribution >= 0.6 is 15.9 Å². The molecule has 2 aliphatic rings. The van der Waals surface area contributed by atoms with Gasteiger partial charge in [-0.05, 0) is 33.6 Å². The van der Waals surface area contributed by atoms with Crippen LogP contribution in [-0.2, 0) is 9.53 Å². The zero-order valence-electron chi connectivity index (χ0n) is 13.5. The van der Waals surface area contributed by atoms with Crippen LogP contribution in [0.25, 0.3) is 0 Å². The molecule has 1 atom stereocenters. The first kappa shape index (κ1) is 17.5. The lowest BCUT2D eigenvalue weighted by atomic mass is 9.91. The van der Waals surface area contributed by atoms with Crippen molar-refractivity contribution in [2.24, 2.45) is 0 Å². The first-order valence-corrected chi connectivity index (χ1v) is 8.62. The van der Waals surface area contributed by atoms with Crippen molar-refractivity contribution >= 4 is 27.9 Å². The fourth-order valence-corrected chi connectivity index (χ4v) is 3.45. The third-order valence-corrected chi connectivity index (χ3v) is 4.61. The van der Waals surface area contributed by atoms with Gasteiger partial charge < -0.3 is 19.6 Å². The number of alkyl halides is 1. The first-order chi connectivity index (χ1) is 10.1. The Hall–Kier alpha value is -0.820. The second-order valence-electron chi connectivity index (χ2n) is 7.27. The fraction of sp³-hybridized carbons (Fsp3) is 0.867. The molecule has 0 aromatic carbocycles. The third kappa shape index (κ3) is 4.59. The highest BCUT2D eigenvalue weighted by molar-refractivity contribution is 9.09. The average Bonchev–Trinajstić information content (AvgIpc) is 2.65. The molecule has 2 fully saturated rings. The number of carbonyl (C=O) groups excluding carboxylic acids is 2. The molecule has 2 amide bonds. The molecule has 0 spiro atoms. The normalized spacial score (nSPS) is 25.5. The summed E-state index contributed by atoms with van der Waals surface area (Å²) in [7, 11) is 0. The van der Waals surface area contributed by atoms with Crippen molar-refractivity contribution in [2.75, 3.05) is 26.2 Å². The Bertz CT molecular complexity index is 441. The fourth-order valence-electron chi connectivity index (χ4n) is 2.82. The predicted molar refractivity (Wildman–Crippen MR) is 85.9 cm³/mol. The van der Waals surface area contributed by atoms with E-state index in [-0.39, 0.29) is 16.8 Å². The number of rotatable bonds is 2. The maximum Gasteiger partial charge on any atom is 0.410 e. The van der Waals surface area contributed by atoms with Crippen molar-refractivity contribution in [1.82, 2.24) is 9.80 Å². The molecular weight excluding hydrogens is 352 g/mol. The number of ether oxygens (including phenoxy) is 1. The van der Waals surface area contributed by atoms with Crippen molar-refractivity contribution < 1.29 is 19.4 Å². The Morgan fingerprint density at radius 2 is 2.00 bits per heavy atom. The Labute approximate surface area is 139 Å². The SMILES string of the molecule is CC(C)(C)OC(=O)N1CCC(O)(CN2CC(Br)CC2=O)CC1. The zero-order valence-corrected chi connectivity index (χ0v) is 15.1. The van der Waals surface area contributed by atoms with Gasteiger partial charge in [0.25, 0.3) is 0 Å². The first-order valence-electron chi connectivity index (χ1n) is 7.70. The number of halogens is 1. The minimum absolute atomic E-state index is 0.0740. The number of aliphatic hydroxyl groups is 1. The summed E-state index contributed by atoms with van der Waals surface area (Å²) in [5.74, 6) is 0.0740. The molecule has 2 saturated heterocycles. The topological polar surface area (TPSA) is 70.1 Å². The molecule has 2 aliphatic heterocycles. The van der Waals surface area contributed by atoms with E-state index in [4.69, 9.17) is 4.74 Å². The minimum atomic E-state index is -0.911. The molecular formula is C15H25BrN2O4. The van der Waals surface area contributed by atoms with Gasteiger partial charge in [0.1, 0.15) is 5.60 Å². The maximum absolute atomic E-state index is 12.0. The van der Waals surface area contributed by atoms with E-state index < -0.39 is 11.2 Å². The largest absolute Gasteiger partial charge is 0.444 e. The molecule has 0 aromatic rings. The van der Waals surface area contributed by atoms with E-state index in [2.05, 4.69) is 15.9 Å². The van der Waals surface area contributed by atoms with Crippen molar-refractivity contribution in [3.63, 3.8) is 0 Å². The molecule has 22 heavy (non-hydrogen) atoms. The highest BCUT2D eigenvalue weighted by atomic mass is 79.9. The van der Waals surface area contributed by atoms with Crippen LogP contribution in [0.3, 0.4) is 0 Å². The lowest BCUT2D eigenvalue weighted by molar-refractivity contribution is -0.132. The second kappa shape index (κ2) is 6.35. The summed E-state index contributed by atoms with van der Waals surface area (Å²) in [4.78, 5) is 27.4. The molecule has 0 aliphatic carbocycles. The van der Waals surface area contributed by atoms with E-state index >= 15 is 0 Å². The van der Waals surface area contributed by atoms with Gasteiger partial charge in [0.15, 0.2) is 0 Å². The lowest BCUT2D eigenvalue weighted by Crippen LogP contribution is -2.53. The molecule has 1 unspecified atom stereocenters. The van der Waals surface area contributed by atoms with E-state index in [0.29, 0.717) is 45.4 Å². The number of carbonyl (C=O) groups is 2. The number of β-amino-alcohol motifs (C(OH)–C–C–N with tert-alkyl or cyclic N) is 1. The van der Waals surface area contributed by atoms with E-state index in [1.165, 1.54) is 0 Å². The summed E-state index contributed by atoms with van der Waals surface area (Å²) < 4.78 is 5.34. The van der Waals surface area contributed by atoms with Crippen molar-refractivity contribution in [3.8, 4) is 0 Å². The number of piperidine rings is 1. The number of likely N-dealkylation sites (tertiary alicyclic amines) is 2. The average molecular weight is 377 g/mol. The van der Waals surface area contributed by atoms with Gasteiger partial charge in [-0.15, -0.1) is 0 Å². The maximum atomic E-state index is 12.0. The van der Waals surface area contributed by atoms with E-state index in [1.54, 1.807) is 9.80 Å². The molecule has 0 bridgehead atoms. The van der Waals surface area contributed by atoms with Crippen LogP contribution in [0, 0.1) is 0 Å². The van der Waals surface area contributed by atoms with Crippen LogP contribution in [0.5, 0.6) is 0 Å². The molecule has 126 valence electrons. The van der Waals surface area contributed by atoms with Gasteiger partial charge in [-0.3, -0.25) is 4.79 Å². The predicted octanol–water partition coefficient (Wildman–Crippen LogP) is 1.74. The van der Waals surface area contributed by atoms with Gasteiger partial charge in [-0.25, -0.2) is 4.79 Å². The molecule has 7 heteroatoms. The number of hydrogen-bond donors (Lipinski definition) is 1. The summed E-state index contributed by atoms with van der Waals surface area (Å²) in [5, 5.41) is 10.7. The number of nitrogens with zero attached hydrogens (tertiary/aromatic N) is 2. The van der Waals surface area contributed by atoms with Gasteiger partial charge in [0.2, 0.25) is 5.91 Å². The molecule has 1 N–H and O–H groups in total. The van der Waals surface area contributed by atoms with E-state index in [9.17, 15) is 14.7 Å². The van der Waals surface area contributed by atoms with E-state index in [1.807, 2.05) is 20.8 Å². The highest BCUT2D eigenvalue weighted by Crippen LogP contribution is 2.27. The summed E-state index contributed by atoms with van der Waals surface area (Å²) in [6.45, 7) is 7.38. The Morgan fingerprint density at radius 3 is 2.45 bits per heavy atom. The summed E-state index contributed by atoms with van der Waals surface area (Å²) in [5.41, 5.74) is -1.43. The monoisotopic (exact) mass is 376 g/mol. The van der Waals surface area contributed by atoms with Gasteiger partial charge >= 0.3 is 6.09 Å². The smallest absolute Gasteiger partial charge is 0.410 e. The molecule has 2 heterocycles. The Balaban J connectivity index is 1.85. The van der Waals surface area contributed by atoms with Crippen LogP contribution in [0.2, 0.25) is 0 Å². The molecule has 0 saturated carbocycles. The highest BCUT2D eigenvalue weighted by Gasteiger charge is 2.39. The van der Waals surface area contributed by atoms with Gasteiger partial charge in [0.05, 0.1) is 5.60 Å². The van der Waals surface area contributed by atoms with Crippen LogP contribution in [-0.4, -0.2) is 69.1 Å². The van der Waals surface area contributed by atoms with Gasteiger partial charge in [-0.1, -0.05) is 15.9 Å². The van der Waals surface area contributed by atoms with E-state index in [0.717, 1.165) is 0 Å². The van der Waals surface area contributed by atoms with Crippen LogP contribution < -0.4 is 0 Å². The number of hydrogen-bond acceptors (Lipinski definition) is 4. The summed E-state index contributed by atoms with van der Waals surface area (Å²) in [6, 6.07) is 0. The summed E-state index contributed by atoms with van der Waals surface area (Å²) >= 11 is 3.44. The second-order valence-corrected chi connectivity index (χ2v) is 8.56. The third-order valence-electron chi connectivity index (χ3n) is 4.00. The standard InChI is InChI=1S/C15H25BrN2O4/c1-14(2,3)22-13(20)17-6-4-15(21,5-7-17)10-18-9-11(16)8-12(18)19/h11,21H,4-10H2,1-3H3. The van der Waals surface area contributed by atoms with Crippen LogP contribution in [0.1, 0.15) is 40.0 Å². The minimum Gasteiger partial charge on any atom is -0.444 e. The summed E-state index contributed by atoms with van der Waals surface area (Å²) in [6.07, 6.45) is 1.07. The number of amides is 2. The van der Waals surface area contributed by atoms with Crippen LogP contribution in [0.4, 0.5) is 4.79 Å². The van der Waals surface area contributed by atoms with Gasteiger partial charge in [-0.2, -0.15) is 0 Å². The van der Waals surface area contributed by atoms with Crippen molar-refractivity contribution in [1.29, 1.82) is 0 Å². The Kier molecular flexibility index (Phi) is 5.06. The molecule has 6 nitrogen and oxygen atoms in total. The molecule has 0 radical (unpaired) electrons. The quantitative estimate of drug-likeness (QED) is 0.745. The van der Waals surface area contributed by atoms with Crippen molar-refractivity contribution in [2.45, 2.75) is 56.1 Å². The van der Waals surface area contributed by atoms with Gasteiger partial charge in [0, 0.05) is 37.4 Å².